The van der Waals surface area contributed by atoms with E-state index in [4.69, 9.17) is 33.7 Å². The zero-order chi connectivity index (χ0) is 45.7. The molecule has 352 valence electrons. The van der Waals surface area contributed by atoms with E-state index in [1.165, 1.54) is 0 Å². The van der Waals surface area contributed by atoms with Crippen LogP contribution < -0.4 is 9.47 Å². The molecule has 12 heteroatoms. The van der Waals surface area contributed by atoms with Crippen molar-refractivity contribution in [3.05, 3.63) is 132 Å². The fraction of sp³-hybridized carbons (Fsp3) is 0.481. The number of carbonyl (C=O) groups is 1. The van der Waals surface area contributed by atoms with Crippen LogP contribution in [0.1, 0.15) is 74.5 Å². The largest absolute Gasteiger partial charge is 0.492 e. The van der Waals surface area contributed by atoms with Gasteiger partial charge in [0.1, 0.15) is 37.4 Å². The summed E-state index contributed by atoms with van der Waals surface area (Å²) >= 11 is 0. The average Bonchev–Trinajstić information content (AvgIpc) is 4.18. The smallest absolute Gasteiger partial charge is 0.410 e. The molecule has 0 spiro atoms. The van der Waals surface area contributed by atoms with Crippen molar-refractivity contribution in [3.63, 3.8) is 0 Å². The number of rotatable bonds is 25. The number of unbranched alkanes of at least 4 members (excludes halogenated alkanes) is 2. The maximum Gasteiger partial charge on any atom is 0.410 e. The van der Waals surface area contributed by atoms with E-state index in [-0.39, 0.29) is 63.8 Å². The molecule has 4 aliphatic rings. The minimum absolute atomic E-state index is 0.0364. The minimum Gasteiger partial charge on any atom is -0.492 e. The zero-order valence-electron chi connectivity index (χ0n) is 38.4. The molecule has 1 saturated heterocycles. The molecule has 2 aliphatic heterocycles. The highest BCUT2D eigenvalue weighted by Gasteiger charge is 2.65. The number of aliphatic hydroxyl groups excluding tert-OH is 2. The number of benzene rings is 4. The normalized spacial score (nSPS) is 23.6. The summed E-state index contributed by atoms with van der Waals surface area (Å²) in [5, 5.41) is 26.9. The summed E-state index contributed by atoms with van der Waals surface area (Å²) < 4.78 is 33.3. The molecule has 0 radical (unpaired) electrons. The summed E-state index contributed by atoms with van der Waals surface area (Å²) in [4.78, 5) is 25.2. The summed E-state index contributed by atoms with van der Waals surface area (Å²) in [5.41, 5.74) is 4.71. The fourth-order valence-corrected chi connectivity index (χ4v) is 10.4. The van der Waals surface area contributed by atoms with Crippen LogP contribution in [0.2, 0.25) is 0 Å². The number of oxime groups is 1. The molecule has 66 heavy (non-hydrogen) atoms. The number of allylic oxidation sites excluding steroid dienone is 1. The van der Waals surface area contributed by atoms with Crippen molar-refractivity contribution >= 4 is 22.6 Å². The van der Waals surface area contributed by atoms with E-state index in [0.717, 1.165) is 89.8 Å². The van der Waals surface area contributed by atoms with E-state index in [9.17, 15) is 10.2 Å². The van der Waals surface area contributed by atoms with E-state index in [2.05, 4.69) is 47.9 Å². The Hall–Kier alpha value is -5.24. The molecule has 6 atom stereocenters. The molecular formula is C54H67N3O9. The van der Waals surface area contributed by atoms with Crippen molar-refractivity contribution < 1.29 is 43.5 Å². The fourth-order valence-electron chi connectivity index (χ4n) is 10.4. The lowest BCUT2D eigenvalue weighted by Gasteiger charge is -2.59. The van der Waals surface area contributed by atoms with Crippen molar-refractivity contribution in [3.8, 4) is 11.5 Å². The molecule has 1 saturated carbocycles. The SMILES string of the molecule is C=CCOC12Oc3ccc(OCCN4CC4)cc3C3C(CCCCO)C(CCCCO)C=C(C(=NOCC)CC1N(Cc1cccc4ccccc14)C(=O)OCCOCc1ccccc1)C32. The second kappa shape index (κ2) is 23.0. The highest BCUT2D eigenvalue weighted by Crippen LogP contribution is 2.62. The number of nitrogens with zero attached hydrogens (tertiary/aromatic N) is 3. The van der Waals surface area contributed by atoms with Gasteiger partial charge in [0.2, 0.25) is 5.79 Å². The number of carbonyl (C=O) groups excluding carboxylic acids is 1. The van der Waals surface area contributed by atoms with Crippen molar-refractivity contribution in [2.75, 3.05) is 65.9 Å². The Balaban J connectivity index is 1.26. The van der Waals surface area contributed by atoms with Crippen LogP contribution in [0.4, 0.5) is 4.79 Å². The van der Waals surface area contributed by atoms with Gasteiger partial charge in [0.15, 0.2) is 0 Å². The van der Waals surface area contributed by atoms with Crippen LogP contribution in [-0.4, -0.2) is 110 Å². The standard InChI is InChI=1S/C54H67N3O9/c1-3-30-64-54-50(57(37-42-20-14-19-40-17-8-9-21-44(40)42)53(60)63-33-32-61-38-39-15-6-5-7-16-39)36-48(55-65-4-2)46-34-41(18-10-12-28-58)45(22-11-13-29-59)51(52(46)54)47-35-43(23-24-49(47)66-54)62-31-27-56-25-26-56/h3,5-9,14-17,19-21,23-24,34-35,41,45,50-52,58-59H,1,4,10-13,18,22,25-33,36-38H2,2H3. The first-order chi connectivity index (χ1) is 32.5. The van der Waals surface area contributed by atoms with Gasteiger partial charge in [-0.25, -0.2) is 4.79 Å². The quantitative estimate of drug-likeness (QED) is 0.0288. The molecule has 2 fully saturated rings. The van der Waals surface area contributed by atoms with Crippen molar-refractivity contribution in [2.24, 2.45) is 22.9 Å². The monoisotopic (exact) mass is 901 g/mol. The molecule has 6 unspecified atom stereocenters. The first kappa shape index (κ1) is 47.3. The van der Waals surface area contributed by atoms with Gasteiger partial charge in [-0.05, 0) is 90.1 Å². The molecule has 1 amide bonds. The third kappa shape index (κ3) is 11.0. The summed E-state index contributed by atoms with van der Waals surface area (Å²) in [5.74, 6) is -0.444. The van der Waals surface area contributed by atoms with Crippen LogP contribution in [0.15, 0.2) is 120 Å². The van der Waals surface area contributed by atoms with E-state index >= 15 is 4.79 Å². The van der Waals surface area contributed by atoms with Gasteiger partial charge in [-0.1, -0.05) is 103 Å². The molecule has 8 rings (SSSR count). The van der Waals surface area contributed by atoms with Crippen LogP contribution in [0.25, 0.3) is 10.8 Å². The highest BCUT2D eigenvalue weighted by molar-refractivity contribution is 6.03. The van der Waals surface area contributed by atoms with Crippen LogP contribution in [0.3, 0.4) is 0 Å². The number of fused-ring (bicyclic) bond motifs is 3. The summed E-state index contributed by atoms with van der Waals surface area (Å²) in [6.07, 6.45) is 8.55. The third-order valence-corrected chi connectivity index (χ3v) is 13.6. The number of amides is 1. The average molecular weight is 902 g/mol. The van der Waals surface area contributed by atoms with Crippen LogP contribution in [0.5, 0.6) is 11.5 Å². The Bertz CT molecular complexity index is 2280. The summed E-state index contributed by atoms with van der Waals surface area (Å²) in [6.45, 7) is 11.2. The van der Waals surface area contributed by atoms with E-state index in [1.807, 2.05) is 67.6 Å². The van der Waals surface area contributed by atoms with Gasteiger partial charge in [-0.2, -0.15) is 0 Å². The first-order valence-corrected chi connectivity index (χ1v) is 24.0. The van der Waals surface area contributed by atoms with Crippen LogP contribution in [-0.2, 0) is 32.2 Å². The molecule has 2 N–H and O–H groups in total. The van der Waals surface area contributed by atoms with Gasteiger partial charge < -0.3 is 38.7 Å². The van der Waals surface area contributed by atoms with Gasteiger partial charge in [-0.15, -0.1) is 6.58 Å². The highest BCUT2D eigenvalue weighted by atomic mass is 16.7. The Morgan fingerprint density at radius 1 is 0.939 bits per heavy atom. The molecule has 4 aromatic rings. The number of hydrogen-bond donors (Lipinski definition) is 2. The van der Waals surface area contributed by atoms with Gasteiger partial charge in [0.25, 0.3) is 0 Å². The lowest BCUT2D eigenvalue weighted by Crippen LogP contribution is -2.70. The maximum atomic E-state index is 15.1. The summed E-state index contributed by atoms with van der Waals surface area (Å²) in [7, 11) is 0. The Kier molecular flexibility index (Phi) is 16.5. The maximum absolute atomic E-state index is 15.1. The zero-order valence-corrected chi connectivity index (χ0v) is 38.4. The Labute approximate surface area is 389 Å². The van der Waals surface area contributed by atoms with Crippen molar-refractivity contribution in [2.45, 2.75) is 82.8 Å². The van der Waals surface area contributed by atoms with Crippen LogP contribution in [0, 0.1) is 17.8 Å². The number of ether oxygens (including phenoxy) is 5. The Morgan fingerprint density at radius 3 is 2.52 bits per heavy atom. The third-order valence-electron chi connectivity index (χ3n) is 13.6. The van der Waals surface area contributed by atoms with Gasteiger partial charge in [0, 0.05) is 50.8 Å². The second-order valence-electron chi connectivity index (χ2n) is 17.8. The topological polar surface area (TPSA) is 132 Å². The molecule has 2 heterocycles. The van der Waals surface area contributed by atoms with E-state index in [0.29, 0.717) is 38.4 Å². The van der Waals surface area contributed by atoms with Gasteiger partial charge >= 0.3 is 6.09 Å². The number of aliphatic hydroxyl groups is 2. The number of hydrogen-bond acceptors (Lipinski definition) is 11. The van der Waals surface area contributed by atoms with Crippen molar-refractivity contribution in [1.29, 1.82) is 0 Å². The van der Waals surface area contributed by atoms with Gasteiger partial charge in [0.05, 0.1) is 38.0 Å². The van der Waals surface area contributed by atoms with E-state index < -0.39 is 23.8 Å². The van der Waals surface area contributed by atoms with Gasteiger partial charge in [-0.3, -0.25) is 9.80 Å². The minimum atomic E-state index is -1.44. The van der Waals surface area contributed by atoms with E-state index in [1.54, 1.807) is 11.0 Å². The van der Waals surface area contributed by atoms with Crippen molar-refractivity contribution in [1.82, 2.24) is 9.80 Å². The lowest BCUT2D eigenvalue weighted by molar-refractivity contribution is -0.256. The molecule has 2 aliphatic carbocycles. The summed E-state index contributed by atoms with van der Waals surface area (Å²) in [6, 6.07) is 29.6. The predicted molar refractivity (Wildman–Crippen MR) is 255 cm³/mol. The molecule has 4 aromatic carbocycles. The molecule has 0 bridgehead atoms. The van der Waals surface area contributed by atoms with Crippen LogP contribution >= 0.6 is 0 Å². The molecule has 12 nitrogen and oxygen atoms in total. The molecule has 0 aromatic heterocycles. The first-order valence-electron chi connectivity index (χ1n) is 24.0. The Morgan fingerprint density at radius 2 is 1.73 bits per heavy atom. The predicted octanol–water partition coefficient (Wildman–Crippen LogP) is 9.04. The molecular weight excluding hydrogens is 835 g/mol. The lowest BCUT2D eigenvalue weighted by atomic mass is 9.55. The second-order valence-corrected chi connectivity index (χ2v) is 17.8.